The van der Waals surface area contributed by atoms with Crippen LogP contribution >= 0.6 is 0 Å². The van der Waals surface area contributed by atoms with Crippen LogP contribution in [0.2, 0.25) is 0 Å². The van der Waals surface area contributed by atoms with Gasteiger partial charge < -0.3 is 5.73 Å². The van der Waals surface area contributed by atoms with Gasteiger partial charge in [-0.1, -0.05) is 6.42 Å². The quantitative estimate of drug-likeness (QED) is 0.775. The predicted molar refractivity (Wildman–Crippen MR) is 95.4 cm³/mol. The molecule has 1 fully saturated rings. The first-order chi connectivity index (χ1) is 12.1. The topological polar surface area (TPSA) is 93.6 Å². The van der Waals surface area contributed by atoms with Crippen LogP contribution in [0.15, 0.2) is 47.5 Å². The number of anilines is 1. The Morgan fingerprint density at radius 1 is 0.920 bits per heavy atom. The minimum absolute atomic E-state index is 0.312. The van der Waals surface area contributed by atoms with Crippen LogP contribution in [0.4, 0.5) is 5.69 Å². The van der Waals surface area contributed by atoms with E-state index in [4.69, 9.17) is 5.73 Å². The summed E-state index contributed by atoms with van der Waals surface area (Å²) < 4.78 is 28.8. The number of benzene rings is 1. The number of nitrogens with two attached hydrogens (primary N) is 1. The molecule has 0 amide bonds. The fourth-order valence-electron chi connectivity index (χ4n) is 3.13. The maximum absolute atomic E-state index is 12.7. The molecule has 4 rings (SSSR count). The van der Waals surface area contributed by atoms with Gasteiger partial charge in [0.15, 0.2) is 11.5 Å². The van der Waals surface area contributed by atoms with Crippen LogP contribution in [0.3, 0.4) is 0 Å². The number of nitrogen functional groups attached to an aromatic ring is 1. The minimum atomic E-state index is -3.43. The molecule has 3 heterocycles. The highest BCUT2D eigenvalue weighted by molar-refractivity contribution is 7.89. The molecule has 0 bridgehead atoms. The summed E-state index contributed by atoms with van der Waals surface area (Å²) in [4.78, 5) is 0.312. The van der Waals surface area contributed by atoms with Crippen LogP contribution in [0.1, 0.15) is 19.3 Å². The summed E-state index contributed by atoms with van der Waals surface area (Å²) in [6.45, 7) is 1.19. The lowest BCUT2D eigenvalue weighted by Crippen LogP contribution is -2.35. The van der Waals surface area contributed by atoms with Gasteiger partial charge in [-0.15, -0.1) is 10.2 Å². The summed E-state index contributed by atoms with van der Waals surface area (Å²) in [6.07, 6.45) is 4.69. The van der Waals surface area contributed by atoms with E-state index in [1.807, 2.05) is 0 Å². The van der Waals surface area contributed by atoms with Crippen LogP contribution < -0.4 is 5.73 Å². The van der Waals surface area contributed by atoms with E-state index in [-0.39, 0.29) is 0 Å². The SMILES string of the molecule is Nc1ccc2nnc(-c3ccc(S(=O)(=O)N4CCCCC4)cc3)n2c1. The fraction of sp³-hybridized carbons (Fsp3) is 0.294. The van der Waals surface area contributed by atoms with E-state index in [2.05, 4.69) is 10.2 Å². The second-order valence-electron chi connectivity index (χ2n) is 6.20. The van der Waals surface area contributed by atoms with E-state index in [1.165, 1.54) is 0 Å². The number of sulfonamides is 1. The first-order valence-electron chi connectivity index (χ1n) is 8.26. The van der Waals surface area contributed by atoms with E-state index in [1.54, 1.807) is 51.3 Å². The number of hydrogen-bond donors (Lipinski definition) is 1. The van der Waals surface area contributed by atoms with Gasteiger partial charge in [0.1, 0.15) is 0 Å². The number of rotatable bonds is 3. The van der Waals surface area contributed by atoms with Crippen LogP contribution in [0.25, 0.3) is 17.0 Å². The van der Waals surface area contributed by atoms with Crippen molar-refractivity contribution in [2.24, 2.45) is 0 Å². The fourth-order valence-corrected chi connectivity index (χ4v) is 4.65. The van der Waals surface area contributed by atoms with Crippen molar-refractivity contribution >= 4 is 21.4 Å². The highest BCUT2D eigenvalue weighted by Gasteiger charge is 2.25. The molecule has 3 aromatic rings. The first-order valence-corrected chi connectivity index (χ1v) is 9.70. The van der Waals surface area contributed by atoms with Crippen molar-refractivity contribution in [1.29, 1.82) is 0 Å². The molecule has 0 saturated carbocycles. The zero-order valence-corrected chi connectivity index (χ0v) is 14.5. The summed E-state index contributed by atoms with van der Waals surface area (Å²) in [5.74, 6) is 0.629. The highest BCUT2D eigenvalue weighted by atomic mass is 32.2. The van der Waals surface area contributed by atoms with Gasteiger partial charge in [0.05, 0.1) is 4.90 Å². The number of aromatic nitrogens is 3. The lowest BCUT2D eigenvalue weighted by atomic mass is 10.2. The maximum atomic E-state index is 12.7. The summed E-state index contributed by atoms with van der Waals surface area (Å²) in [7, 11) is -3.43. The van der Waals surface area contributed by atoms with Crippen molar-refractivity contribution in [2.75, 3.05) is 18.8 Å². The molecule has 0 atom stereocenters. The van der Waals surface area contributed by atoms with Crippen molar-refractivity contribution in [1.82, 2.24) is 18.9 Å². The van der Waals surface area contributed by atoms with Crippen LogP contribution in [0.5, 0.6) is 0 Å². The maximum Gasteiger partial charge on any atom is 0.243 e. The second-order valence-corrected chi connectivity index (χ2v) is 8.14. The molecule has 25 heavy (non-hydrogen) atoms. The highest BCUT2D eigenvalue weighted by Crippen LogP contribution is 2.24. The van der Waals surface area contributed by atoms with Crippen LogP contribution in [-0.2, 0) is 10.0 Å². The molecule has 7 nitrogen and oxygen atoms in total. The first kappa shape index (κ1) is 16.0. The Hall–Kier alpha value is -2.45. The van der Waals surface area contributed by atoms with Gasteiger partial charge in [-0.3, -0.25) is 4.40 Å². The number of nitrogens with zero attached hydrogens (tertiary/aromatic N) is 4. The molecule has 0 aliphatic carbocycles. The third kappa shape index (κ3) is 2.87. The Morgan fingerprint density at radius 2 is 1.64 bits per heavy atom. The largest absolute Gasteiger partial charge is 0.398 e. The molecule has 1 aromatic carbocycles. The van der Waals surface area contributed by atoms with Crippen LogP contribution in [0, 0.1) is 0 Å². The predicted octanol–water partition coefficient (Wildman–Crippen LogP) is 2.15. The molecular weight excluding hydrogens is 338 g/mol. The Bertz CT molecular complexity index is 1010. The van der Waals surface area contributed by atoms with Gasteiger partial charge in [-0.25, -0.2) is 8.42 Å². The average Bonchev–Trinajstić information content (AvgIpc) is 3.05. The Labute approximate surface area is 146 Å². The Kier molecular flexibility index (Phi) is 3.93. The van der Waals surface area contributed by atoms with Crippen molar-refractivity contribution in [3.05, 3.63) is 42.6 Å². The van der Waals surface area contributed by atoms with E-state index >= 15 is 0 Å². The lowest BCUT2D eigenvalue weighted by Gasteiger charge is -2.25. The van der Waals surface area contributed by atoms with Gasteiger partial charge in [0.25, 0.3) is 0 Å². The zero-order valence-electron chi connectivity index (χ0n) is 13.7. The number of pyridine rings is 1. The molecular formula is C17H19N5O2S. The number of piperidine rings is 1. The summed E-state index contributed by atoms with van der Waals surface area (Å²) in [6, 6.07) is 10.3. The van der Waals surface area contributed by atoms with Gasteiger partial charge in [-0.2, -0.15) is 4.31 Å². The molecule has 0 unspecified atom stereocenters. The second kappa shape index (κ2) is 6.12. The number of fused-ring (bicyclic) bond motifs is 1. The van der Waals surface area contributed by atoms with E-state index in [0.29, 0.717) is 35.1 Å². The van der Waals surface area contributed by atoms with Gasteiger partial charge in [0, 0.05) is 30.5 Å². The normalized spacial score (nSPS) is 16.3. The number of hydrogen-bond acceptors (Lipinski definition) is 5. The smallest absolute Gasteiger partial charge is 0.243 e. The van der Waals surface area contributed by atoms with Gasteiger partial charge in [-0.05, 0) is 49.2 Å². The van der Waals surface area contributed by atoms with Crippen molar-refractivity contribution in [3.63, 3.8) is 0 Å². The molecule has 1 saturated heterocycles. The average molecular weight is 357 g/mol. The monoisotopic (exact) mass is 357 g/mol. The summed E-state index contributed by atoms with van der Waals surface area (Å²) >= 11 is 0. The zero-order chi connectivity index (χ0) is 17.4. The van der Waals surface area contributed by atoms with E-state index in [0.717, 1.165) is 24.8 Å². The molecule has 0 spiro atoms. The molecule has 130 valence electrons. The third-order valence-electron chi connectivity index (χ3n) is 4.49. The van der Waals surface area contributed by atoms with Crippen molar-refractivity contribution in [3.8, 4) is 11.4 Å². The summed E-state index contributed by atoms with van der Waals surface area (Å²) in [5.41, 5.74) is 7.92. The molecule has 1 aliphatic heterocycles. The molecule has 0 radical (unpaired) electrons. The third-order valence-corrected chi connectivity index (χ3v) is 6.40. The standard InChI is InChI=1S/C17H19N5O2S/c18-14-6-9-16-19-20-17(22(16)12-14)13-4-7-15(8-5-13)25(23,24)21-10-2-1-3-11-21/h4-9,12H,1-3,10-11,18H2. The Balaban J connectivity index is 1.68. The van der Waals surface area contributed by atoms with Gasteiger partial charge >= 0.3 is 0 Å². The Morgan fingerprint density at radius 3 is 2.36 bits per heavy atom. The van der Waals surface area contributed by atoms with Crippen molar-refractivity contribution in [2.45, 2.75) is 24.2 Å². The molecule has 2 N–H and O–H groups in total. The van der Waals surface area contributed by atoms with Crippen LogP contribution in [-0.4, -0.2) is 40.4 Å². The van der Waals surface area contributed by atoms with E-state index in [9.17, 15) is 8.42 Å². The minimum Gasteiger partial charge on any atom is -0.398 e. The van der Waals surface area contributed by atoms with Crippen molar-refractivity contribution < 1.29 is 8.42 Å². The molecule has 1 aliphatic rings. The lowest BCUT2D eigenvalue weighted by molar-refractivity contribution is 0.346. The van der Waals surface area contributed by atoms with Gasteiger partial charge in [0.2, 0.25) is 10.0 Å². The summed E-state index contributed by atoms with van der Waals surface area (Å²) in [5, 5.41) is 8.30. The van der Waals surface area contributed by atoms with E-state index < -0.39 is 10.0 Å². The molecule has 8 heteroatoms. The molecule has 2 aromatic heterocycles.